The molecule has 1 atom stereocenters. The van der Waals surface area contributed by atoms with Crippen LogP contribution in [0.5, 0.6) is 0 Å². The lowest BCUT2D eigenvalue weighted by Crippen LogP contribution is -2.50. The molecule has 3 N–H and O–H groups in total. The monoisotopic (exact) mass is 456 g/mol. The molecule has 0 saturated carbocycles. The molecule has 1 aliphatic rings. The number of aromatic carboxylic acids is 1. The molecule has 3 aromatic rings. The molecule has 0 radical (unpaired) electrons. The summed E-state index contributed by atoms with van der Waals surface area (Å²) in [7, 11) is 0. The van der Waals surface area contributed by atoms with Crippen molar-refractivity contribution in [3.05, 3.63) is 41.3 Å². The summed E-state index contributed by atoms with van der Waals surface area (Å²) < 4.78 is 1.87. The number of carboxylic acids is 1. The van der Waals surface area contributed by atoms with Crippen LogP contribution >= 0.6 is 0 Å². The van der Waals surface area contributed by atoms with Crippen LogP contribution in [0.4, 0.5) is 11.5 Å². The highest BCUT2D eigenvalue weighted by Crippen LogP contribution is 2.36. The van der Waals surface area contributed by atoms with Crippen molar-refractivity contribution in [2.45, 2.75) is 26.8 Å². The highest BCUT2D eigenvalue weighted by Gasteiger charge is 2.26. The lowest BCUT2D eigenvalue weighted by Gasteiger charge is -2.35. The average molecular weight is 457 g/mol. The molecule has 1 unspecified atom stereocenters. The van der Waals surface area contributed by atoms with E-state index in [1.54, 1.807) is 12.4 Å². The Morgan fingerprint density at radius 2 is 2.03 bits per heavy atom. The van der Waals surface area contributed by atoms with Crippen LogP contribution in [0.15, 0.2) is 36.2 Å². The quantitative estimate of drug-likeness (QED) is 0.372. The van der Waals surface area contributed by atoms with Gasteiger partial charge in [-0.05, 0) is 32.9 Å². The van der Waals surface area contributed by atoms with E-state index in [9.17, 15) is 9.90 Å². The number of hydrogen-bond acceptors (Lipinski definition) is 9. The molecule has 0 aliphatic carbocycles. The number of rotatable bonds is 6. The summed E-state index contributed by atoms with van der Waals surface area (Å²) in [5.74, 6) is 0.449. The summed E-state index contributed by atoms with van der Waals surface area (Å²) in [5, 5.41) is 21.7. The minimum absolute atomic E-state index is 0.191. The van der Waals surface area contributed by atoms with Gasteiger partial charge < -0.3 is 25.4 Å². The van der Waals surface area contributed by atoms with Gasteiger partial charge in [0.25, 0.3) is 0 Å². The van der Waals surface area contributed by atoms with E-state index in [1.807, 2.05) is 10.8 Å². The van der Waals surface area contributed by atoms with E-state index >= 15 is 0 Å². The zero-order valence-corrected chi connectivity index (χ0v) is 18.8. The number of nitrogens with one attached hydrogen (secondary N) is 1. The van der Waals surface area contributed by atoms with E-state index in [1.165, 1.54) is 17.6 Å². The number of fused-ring (bicyclic) bond motifs is 1. The Bertz CT molecular complexity index is 1110. The fourth-order valence-corrected chi connectivity index (χ4v) is 4.06. The van der Waals surface area contributed by atoms with Crippen molar-refractivity contribution in [1.82, 2.24) is 24.8 Å². The second-order valence-corrected chi connectivity index (χ2v) is 7.49. The van der Waals surface area contributed by atoms with Crippen molar-refractivity contribution >= 4 is 28.5 Å². The number of piperazine rings is 1. The first-order chi connectivity index (χ1) is 16.0. The van der Waals surface area contributed by atoms with E-state index in [4.69, 9.17) is 10.1 Å². The third-order valence-electron chi connectivity index (χ3n) is 5.66. The normalized spacial score (nSPS) is 15.6. The fourth-order valence-electron chi connectivity index (χ4n) is 4.06. The van der Waals surface area contributed by atoms with Gasteiger partial charge in [0.15, 0.2) is 11.0 Å². The molecular formula is C21H28N8O4. The predicted molar refractivity (Wildman–Crippen MR) is 124 cm³/mol. The highest BCUT2D eigenvalue weighted by molar-refractivity contribution is 6.00. The molecular weight excluding hydrogens is 428 g/mol. The van der Waals surface area contributed by atoms with Crippen LogP contribution in [0.2, 0.25) is 0 Å². The zero-order valence-electron chi connectivity index (χ0n) is 18.8. The van der Waals surface area contributed by atoms with Crippen molar-refractivity contribution in [1.29, 1.82) is 0 Å². The SMILES string of the molecule is CCN(CC)c1cn(-c2cc(C(=O)O)ccn2)c2ncnc(N3CCNCC3C)c12.O=NO. The summed E-state index contributed by atoms with van der Waals surface area (Å²) in [6, 6.07) is 3.37. The lowest BCUT2D eigenvalue weighted by atomic mass is 10.2. The Hall–Kier alpha value is -3.80. The van der Waals surface area contributed by atoms with Crippen molar-refractivity contribution in [2.24, 2.45) is 5.34 Å². The van der Waals surface area contributed by atoms with Crippen LogP contribution in [0, 0.1) is 4.91 Å². The third kappa shape index (κ3) is 4.85. The number of nitrogens with zero attached hydrogens (tertiary/aromatic N) is 7. The Morgan fingerprint density at radius 1 is 1.30 bits per heavy atom. The van der Waals surface area contributed by atoms with E-state index in [0.29, 0.717) is 11.9 Å². The molecule has 1 aliphatic heterocycles. The molecule has 0 amide bonds. The van der Waals surface area contributed by atoms with Crippen molar-refractivity contribution in [3.63, 3.8) is 0 Å². The molecule has 0 bridgehead atoms. The standard InChI is InChI=1S/C21H27N7O2.HNO2/c1-4-26(5-2)16-12-28(17-10-15(21(29)30)6-7-23-17)20-18(16)19(24-13-25-20)27-9-8-22-11-14(27)3;2-1-3/h6-7,10,12-14,22H,4-5,8-9,11H2,1-3H3,(H,29,30);(H,2,3). The average Bonchev–Trinajstić information content (AvgIpc) is 3.21. The van der Waals surface area contributed by atoms with Crippen molar-refractivity contribution in [3.8, 4) is 5.82 Å². The van der Waals surface area contributed by atoms with E-state index in [0.717, 1.165) is 55.3 Å². The second-order valence-electron chi connectivity index (χ2n) is 7.49. The summed E-state index contributed by atoms with van der Waals surface area (Å²) >= 11 is 0. The molecule has 4 heterocycles. The first-order valence-corrected chi connectivity index (χ1v) is 10.7. The van der Waals surface area contributed by atoms with Gasteiger partial charge in [-0.15, -0.1) is 4.91 Å². The molecule has 4 rings (SSSR count). The minimum Gasteiger partial charge on any atom is -0.478 e. The maximum Gasteiger partial charge on any atom is 0.335 e. The molecule has 12 nitrogen and oxygen atoms in total. The topological polar surface area (TPSA) is 149 Å². The summed E-state index contributed by atoms with van der Waals surface area (Å²) in [5.41, 5.74) is 1.94. The second kappa shape index (κ2) is 10.7. The van der Waals surface area contributed by atoms with Crippen molar-refractivity contribution in [2.75, 3.05) is 42.5 Å². The number of aromatic nitrogens is 4. The molecule has 176 valence electrons. The van der Waals surface area contributed by atoms with Crippen LogP contribution in [0.3, 0.4) is 0 Å². The Balaban J connectivity index is 0.000000968. The Morgan fingerprint density at radius 3 is 2.67 bits per heavy atom. The van der Waals surface area contributed by atoms with Gasteiger partial charge in [0.2, 0.25) is 0 Å². The first-order valence-electron chi connectivity index (χ1n) is 10.7. The summed E-state index contributed by atoms with van der Waals surface area (Å²) in [6.07, 6.45) is 5.09. The first kappa shape index (κ1) is 23.9. The minimum atomic E-state index is -0.982. The predicted octanol–water partition coefficient (Wildman–Crippen LogP) is 2.30. The van der Waals surface area contributed by atoms with E-state index in [-0.39, 0.29) is 5.56 Å². The van der Waals surface area contributed by atoms with Crippen LogP contribution in [-0.4, -0.2) is 74.6 Å². The van der Waals surface area contributed by atoms with Gasteiger partial charge in [0.1, 0.15) is 18.0 Å². The van der Waals surface area contributed by atoms with Gasteiger partial charge >= 0.3 is 5.97 Å². The van der Waals surface area contributed by atoms with Crippen LogP contribution in [-0.2, 0) is 0 Å². The van der Waals surface area contributed by atoms with Gasteiger partial charge in [0, 0.05) is 51.2 Å². The molecule has 0 aromatic carbocycles. The van der Waals surface area contributed by atoms with Gasteiger partial charge in [-0.3, -0.25) is 4.57 Å². The number of hydrogen-bond donors (Lipinski definition) is 3. The van der Waals surface area contributed by atoms with Gasteiger partial charge in [0.05, 0.1) is 16.6 Å². The maximum absolute atomic E-state index is 11.5. The van der Waals surface area contributed by atoms with Gasteiger partial charge in [-0.1, -0.05) is 0 Å². The number of carboxylic acid groups (broad SMARTS) is 1. The largest absolute Gasteiger partial charge is 0.478 e. The maximum atomic E-state index is 11.5. The number of pyridine rings is 1. The van der Waals surface area contributed by atoms with Gasteiger partial charge in [-0.2, -0.15) is 0 Å². The lowest BCUT2D eigenvalue weighted by molar-refractivity contribution is 0.0696. The smallest absolute Gasteiger partial charge is 0.335 e. The molecule has 12 heteroatoms. The number of anilines is 2. The van der Waals surface area contributed by atoms with Crippen LogP contribution in [0.1, 0.15) is 31.1 Å². The molecule has 33 heavy (non-hydrogen) atoms. The van der Waals surface area contributed by atoms with Crippen LogP contribution < -0.4 is 15.1 Å². The Kier molecular flexibility index (Phi) is 7.72. The molecule has 1 saturated heterocycles. The molecule has 0 spiro atoms. The van der Waals surface area contributed by atoms with Crippen LogP contribution in [0.25, 0.3) is 16.9 Å². The Labute approximate surface area is 190 Å². The zero-order chi connectivity index (χ0) is 24.0. The summed E-state index contributed by atoms with van der Waals surface area (Å²) in [6.45, 7) is 10.8. The highest BCUT2D eigenvalue weighted by atomic mass is 16.6. The van der Waals surface area contributed by atoms with E-state index in [2.05, 4.69) is 50.8 Å². The molecule has 3 aromatic heterocycles. The van der Waals surface area contributed by atoms with Gasteiger partial charge in [-0.25, -0.2) is 19.7 Å². The fraction of sp³-hybridized carbons (Fsp3) is 0.429. The summed E-state index contributed by atoms with van der Waals surface area (Å²) in [4.78, 5) is 37.8. The van der Waals surface area contributed by atoms with Crippen molar-refractivity contribution < 1.29 is 15.1 Å². The van der Waals surface area contributed by atoms with E-state index < -0.39 is 5.97 Å². The number of carbonyl (C=O) groups is 1. The third-order valence-corrected chi connectivity index (χ3v) is 5.66. The molecule has 1 fully saturated rings.